The van der Waals surface area contributed by atoms with E-state index in [1.54, 1.807) is 0 Å². The van der Waals surface area contributed by atoms with Crippen molar-refractivity contribution in [1.82, 2.24) is 19.6 Å². The van der Waals surface area contributed by atoms with Crippen molar-refractivity contribution >= 4 is 11.8 Å². The van der Waals surface area contributed by atoms with Crippen LogP contribution in [0.3, 0.4) is 0 Å². The van der Waals surface area contributed by atoms with Crippen LogP contribution in [0.15, 0.2) is 30.6 Å². The van der Waals surface area contributed by atoms with E-state index in [1.165, 1.54) is 17.3 Å². The Hall–Kier alpha value is -3.16. The lowest BCUT2D eigenvalue weighted by Gasteiger charge is -2.52. The van der Waals surface area contributed by atoms with Gasteiger partial charge < -0.3 is 14.9 Å². The second-order valence-electron chi connectivity index (χ2n) is 10.4. The maximum absolute atomic E-state index is 13.4. The molecule has 7 nitrogen and oxygen atoms in total. The SMILES string of the molecule is CC(C)(C(=O)N1CC2(CN(C(=O)c3cnn(Cc4ccc(F)cc4C(F)(F)F)c3)C[C@H]2CO)C1)C(F)(F)F. The zero-order valence-electron chi connectivity index (χ0n) is 20.4. The van der Waals surface area contributed by atoms with Gasteiger partial charge in [-0.05, 0) is 31.5 Å². The number of carbonyl (C=O) groups excluding carboxylic acids is 2. The van der Waals surface area contributed by atoms with Crippen LogP contribution in [0.25, 0.3) is 0 Å². The van der Waals surface area contributed by atoms with E-state index in [0.717, 1.165) is 35.6 Å². The third-order valence-electron chi connectivity index (χ3n) is 7.45. The van der Waals surface area contributed by atoms with Gasteiger partial charge in [0, 0.05) is 50.3 Å². The van der Waals surface area contributed by atoms with E-state index in [2.05, 4.69) is 5.10 Å². The monoisotopic (exact) mass is 550 g/mol. The number of likely N-dealkylation sites (tertiary alicyclic amines) is 2. The lowest BCUT2D eigenvalue weighted by atomic mass is 9.71. The number of hydrogen-bond donors (Lipinski definition) is 1. The minimum atomic E-state index is -4.79. The summed E-state index contributed by atoms with van der Waals surface area (Å²) < 4.78 is 94.2. The van der Waals surface area contributed by atoms with Crippen LogP contribution in [0.4, 0.5) is 30.7 Å². The first-order valence-electron chi connectivity index (χ1n) is 11.6. The van der Waals surface area contributed by atoms with Gasteiger partial charge in [0.1, 0.15) is 11.2 Å². The molecule has 0 unspecified atom stereocenters. The van der Waals surface area contributed by atoms with Gasteiger partial charge in [0.25, 0.3) is 5.91 Å². The number of amides is 2. The van der Waals surface area contributed by atoms with Crippen LogP contribution in [0, 0.1) is 22.6 Å². The minimum absolute atomic E-state index is 0.0512. The Balaban J connectivity index is 1.45. The summed E-state index contributed by atoms with van der Waals surface area (Å²) in [5.41, 5.74) is -4.70. The third kappa shape index (κ3) is 4.85. The highest BCUT2D eigenvalue weighted by atomic mass is 19.4. The van der Waals surface area contributed by atoms with Gasteiger partial charge in [-0.25, -0.2) is 4.39 Å². The summed E-state index contributed by atoms with van der Waals surface area (Å²) in [4.78, 5) is 28.1. The molecular weight excluding hydrogens is 525 g/mol. The fourth-order valence-corrected chi connectivity index (χ4v) is 5.04. The topological polar surface area (TPSA) is 78.7 Å². The van der Waals surface area contributed by atoms with Crippen molar-refractivity contribution in [2.75, 3.05) is 32.8 Å². The number of nitrogens with zero attached hydrogens (tertiary/aromatic N) is 4. The molecule has 2 amide bonds. The molecule has 1 N–H and O–H groups in total. The molecule has 2 aromatic rings. The van der Waals surface area contributed by atoms with E-state index in [0.29, 0.717) is 6.07 Å². The molecule has 1 aromatic carbocycles. The Labute approximate surface area is 212 Å². The largest absolute Gasteiger partial charge is 0.416 e. The molecule has 2 fully saturated rings. The molecule has 208 valence electrons. The highest BCUT2D eigenvalue weighted by Gasteiger charge is 2.61. The lowest BCUT2D eigenvalue weighted by molar-refractivity contribution is -0.223. The fourth-order valence-electron chi connectivity index (χ4n) is 5.04. The van der Waals surface area contributed by atoms with E-state index >= 15 is 0 Å². The van der Waals surface area contributed by atoms with Crippen molar-refractivity contribution in [3.63, 3.8) is 0 Å². The van der Waals surface area contributed by atoms with Crippen LogP contribution >= 0.6 is 0 Å². The smallest absolute Gasteiger partial charge is 0.396 e. The van der Waals surface area contributed by atoms with Crippen molar-refractivity contribution in [3.8, 4) is 0 Å². The number of benzene rings is 1. The zero-order valence-corrected chi connectivity index (χ0v) is 20.4. The Morgan fingerprint density at radius 2 is 1.71 bits per heavy atom. The average molecular weight is 550 g/mol. The van der Waals surface area contributed by atoms with E-state index in [1.807, 2.05) is 0 Å². The van der Waals surface area contributed by atoms with Gasteiger partial charge in [0.05, 0.1) is 23.9 Å². The summed E-state index contributed by atoms with van der Waals surface area (Å²) in [7, 11) is 0. The number of rotatable bonds is 5. The first-order chi connectivity index (χ1) is 17.5. The number of carbonyl (C=O) groups is 2. The van der Waals surface area contributed by atoms with Crippen molar-refractivity contribution < 1.29 is 45.4 Å². The number of aliphatic hydroxyl groups is 1. The van der Waals surface area contributed by atoms with Gasteiger partial charge in [0.2, 0.25) is 5.91 Å². The molecule has 4 rings (SSSR count). The number of alkyl halides is 6. The van der Waals surface area contributed by atoms with Crippen molar-refractivity contribution in [1.29, 1.82) is 0 Å². The Morgan fingerprint density at radius 1 is 1.08 bits per heavy atom. The van der Waals surface area contributed by atoms with Gasteiger partial charge in [0.15, 0.2) is 0 Å². The summed E-state index contributed by atoms with van der Waals surface area (Å²) in [6.45, 7) is 0.937. The van der Waals surface area contributed by atoms with Crippen LogP contribution in [0.2, 0.25) is 0 Å². The summed E-state index contributed by atoms with van der Waals surface area (Å²) in [5, 5.41) is 13.8. The predicted octanol–water partition coefficient (Wildman–Crippen LogP) is 3.57. The lowest BCUT2D eigenvalue weighted by Crippen LogP contribution is -2.66. The number of aliphatic hydroxyl groups excluding tert-OH is 1. The Bertz CT molecular complexity index is 1230. The Kier molecular flexibility index (Phi) is 6.78. The van der Waals surface area contributed by atoms with Gasteiger partial charge in [-0.3, -0.25) is 14.3 Å². The van der Waals surface area contributed by atoms with Gasteiger partial charge in [-0.1, -0.05) is 6.07 Å². The molecule has 2 aliphatic rings. The van der Waals surface area contributed by atoms with E-state index in [9.17, 15) is 45.4 Å². The zero-order chi connectivity index (χ0) is 28.3. The number of aromatic nitrogens is 2. The van der Waals surface area contributed by atoms with E-state index in [-0.39, 0.29) is 50.5 Å². The van der Waals surface area contributed by atoms with E-state index < -0.39 is 52.3 Å². The molecule has 1 atom stereocenters. The van der Waals surface area contributed by atoms with Crippen LogP contribution in [0.1, 0.15) is 35.3 Å². The number of halogens is 7. The number of hydrogen-bond acceptors (Lipinski definition) is 4. The van der Waals surface area contributed by atoms with Gasteiger partial charge in [-0.15, -0.1) is 0 Å². The Morgan fingerprint density at radius 3 is 2.29 bits per heavy atom. The summed E-state index contributed by atoms with van der Waals surface area (Å²) >= 11 is 0. The molecule has 0 aliphatic carbocycles. The quantitative estimate of drug-likeness (QED) is 0.578. The van der Waals surface area contributed by atoms with Crippen LogP contribution in [-0.2, 0) is 17.5 Å². The first kappa shape index (κ1) is 27.9. The first-order valence-corrected chi connectivity index (χ1v) is 11.6. The molecule has 2 saturated heterocycles. The molecule has 3 heterocycles. The van der Waals surface area contributed by atoms with Crippen LogP contribution in [0.5, 0.6) is 0 Å². The van der Waals surface area contributed by atoms with Crippen molar-refractivity contribution in [2.24, 2.45) is 16.7 Å². The second-order valence-corrected chi connectivity index (χ2v) is 10.4. The van der Waals surface area contributed by atoms with E-state index in [4.69, 9.17) is 0 Å². The maximum Gasteiger partial charge on any atom is 0.416 e. The molecule has 1 aromatic heterocycles. The summed E-state index contributed by atoms with van der Waals surface area (Å²) in [6, 6.07) is 2.26. The van der Waals surface area contributed by atoms with Gasteiger partial charge >= 0.3 is 12.4 Å². The molecule has 2 aliphatic heterocycles. The average Bonchev–Trinajstić information content (AvgIpc) is 3.41. The standard InChI is InChI=1S/C24H25F7N4O3/c1-21(2,24(29,30)31)20(38)34-12-22(13-34)11-33(9-16(22)10-36)19(37)15-6-32-35(8-15)7-14-3-4-17(25)5-18(14)23(26,27)28/h3-6,8,16,36H,7,9-13H2,1-2H3/t16-/m0/s1. The molecule has 0 radical (unpaired) electrons. The molecule has 0 bridgehead atoms. The molecular formula is C24H25F7N4O3. The summed E-state index contributed by atoms with van der Waals surface area (Å²) in [6.07, 6.45) is -7.12. The fraction of sp³-hybridized carbons (Fsp3) is 0.542. The minimum Gasteiger partial charge on any atom is -0.396 e. The highest BCUT2D eigenvalue weighted by Crippen LogP contribution is 2.47. The van der Waals surface area contributed by atoms with Crippen molar-refractivity contribution in [3.05, 3.63) is 53.1 Å². The van der Waals surface area contributed by atoms with Gasteiger partial charge in [-0.2, -0.15) is 31.4 Å². The molecule has 0 saturated carbocycles. The second kappa shape index (κ2) is 9.24. The molecule has 14 heteroatoms. The maximum atomic E-state index is 13.4. The highest BCUT2D eigenvalue weighted by molar-refractivity contribution is 5.94. The molecule has 38 heavy (non-hydrogen) atoms. The van der Waals surface area contributed by atoms with Crippen LogP contribution in [-0.4, -0.2) is 75.5 Å². The molecule has 1 spiro atoms. The van der Waals surface area contributed by atoms with Crippen LogP contribution < -0.4 is 0 Å². The predicted molar refractivity (Wildman–Crippen MR) is 118 cm³/mol. The third-order valence-corrected chi connectivity index (χ3v) is 7.45. The van der Waals surface area contributed by atoms with Crippen molar-refractivity contribution in [2.45, 2.75) is 32.7 Å². The normalized spacial score (nSPS) is 19.7. The summed E-state index contributed by atoms with van der Waals surface area (Å²) in [5.74, 6) is -3.13.